The predicted molar refractivity (Wildman–Crippen MR) is 202 cm³/mol. The maximum atomic E-state index is 12.6. The molecule has 9 heteroatoms. The smallest absolute Gasteiger partial charge is 0.306 e. The number of fused-ring (bicyclic) bond motifs is 5. The van der Waals surface area contributed by atoms with Crippen LogP contribution in [0.5, 0.6) is 0 Å². The molecule has 0 aromatic rings. The Kier molecular flexibility index (Phi) is 10.9. The van der Waals surface area contributed by atoms with E-state index in [9.17, 15) is 14.7 Å². The van der Waals surface area contributed by atoms with Crippen LogP contribution < -0.4 is 5.32 Å². The van der Waals surface area contributed by atoms with E-state index in [0.717, 1.165) is 118 Å². The fourth-order valence-corrected chi connectivity index (χ4v) is 7.77. The normalized spacial score (nSPS) is 22.3. The molecule has 9 nitrogen and oxygen atoms in total. The Bertz CT molecular complexity index is 1890. The largest absolute Gasteiger partial charge is 0.511 e. The molecule has 0 saturated carbocycles. The zero-order chi connectivity index (χ0) is 36.4. The number of esters is 2. The molecule has 0 unspecified atom stereocenters. The third-order valence-electron chi connectivity index (χ3n) is 11.0. The number of allylic oxidation sites excluding steroid dienone is 11. The van der Waals surface area contributed by atoms with Gasteiger partial charge in [-0.15, -0.1) is 0 Å². The summed E-state index contributed by atoms with van der Waals surface area (Å²) in [4.78, 5) is 40.2. The van der Waals surface area contributed by atoms with Gasteiger partial charge in [-0.2, -0.15) is 0 Å². The molecule has 5 aliphatic heterocycles. The highest BCUT2D eigenvalue weighted by atomic mass is 16.5. The highest BCUT2D eigenvalue weighted by molar-refractivity contribution is 6.21. The van der Waals surface area contributed by atoms with Crippen LogP contribution in [0.15, 0.2) is 106 Å². The van der Waals surface area contributed by atoms with Gasteiger partial charge in [-0.05, 0) is 93.4 Å². The molecule has 1 saturated heterocycles. The van der Waals surface area contributed by atoms with Crippen LogP contribution in [0.4, 0.5) is 0 Å². The average Bonchev–Trinajstić information content (AvgIpc) is 3.86. The topological polar surface area (TPSA) is 122 Å². The molecule has 270 valence electrons. The maximum absolute atomic E-state index is 12.6. The molecule has 2 N–H and O–H groups in total. The lowest BCUT2D eigenvalue weighted by atomic mass is 9.86. The lowest BCUT2D eigenvalue weighted by Crippen LogP contribution is -2.15. The molecule has 1 aliphatic carbocycles. The van der Waals surface area contributed by atoms with Crippen LogP contribution in [-0.4, -0.2) is 47.4 Å². The molecule has 5 heterocycles. The first-order valence-corrected chi connectivity index (χ1v) is 18.8. The number of rotatable bonds is 13. The highest BCUT2D eigenvalue weighted by Crippen LogP contribution is 2.46. The number of aliphatic hydroxyl groups is 1. The molecule has 51 heavy (non-hydrogen) atoms. The fourth-order valence-electron chi connectivity index (χ4n) is 7.77. The van der Waals surface area contributed by atoms with Crippen LogP contribution in [0.2, 0.25) is 0 Å². The van der Waals surface area contributed by atoms with Gasteiger partial charge in [-0.25, -0.2) is 15.0 Å². The summed E-state index contributed by atoms with van der Waals surface area (Å²) in [5.41, 5.74) is 13.7. The molecule has 0 spiro atoms. The van der Waals surface area contributed by atoms with E-state index < -0.39 is 0 Å². The van der Waals surface area contributed by atoms with Crippen molar-refractivity contribution in [2.45, 2.75) is 113 Å². The van der Waals surface area contributed by atoms with Crippen molar-refractivity contribution in [1.82, 2.24) is 5.32 Å². The first-order chi connectivity index (χ1) is 24.6. The van der Waals surface area contributed by atoms with Gasteiger partial charge in [-0.1, -0.05) is 40.5 Å². The Morgan fingerprint density at radius 2 is 1.49 bits per heavy atom. The predicted octanol–water partition coefficient (Wildman–Crippen LogP) is 8.90. The second-order valence-corrected chi connectivity index (χ2v) is 14.3. The summed E-state index contributed by atoms with van der Waals surface area (Å²) in [7, 11) is 0. The van der Waals surface area contributed by atoms with E-state index in [2.05, 4.69) is 52.1 Å². The van der Waals surface area contributed by atoms with E-state index in [1.165, 1.54) is 5.57 Å². The van der Waals surface area contributed by atoms with E-state index in [0.29, 0.717) is 37.3 Å². The standard InChI is InChI=1S/C42H52N4O5/c1-8-11-15-38(48)50-17-13-14-28-24(5)33-19-31-23(4)27(10-3)35(43-31)20-32-25(6)30(22-51-39(49)16-12-9-2)36(44-32)21-34-26(7)40-37(47)18-29(41(28)45-33)42(40)46-34/h19-21,24,28,45,47H,8-18,22H2,1-7H3/t24-,28-/m0/s1. The molecule has 6 rings (SSSR count). The van der Waals surface area contributed by atoms with Gasteiger partial charge in [0.05, 0.1) is 40.8 Å². The summed E-state index contributed by atoms with van der Waals surface area (Å²) in [5.74, 6) is 0.212. The first kappa shape index (κ1) is 36.3. The summed E-state index contributed by atoms with van der Waals surface area (Å²) in [6.45, 7) is 15.2. The number of aliphatic imine (C=N–C) groups is 3. The monoisotopic (exact) mass is 692 g/mol. The maximum Gasteiger partial charge on any atom is 0.306 e. The van der Waals surface area contributed by atoms with E-state index >= 15 is 0 Å². The number of ether oxygens (including phenoxy) is 2. The van der Waals surface area contributed by atoms with Gasteiger partial charge in [0.1, 0.15) is 12.4 Å². The molecular formula is C42H52N4O5. The minimum Gasteiger partial charge on any atom is -0.511 e. The summed E-state index contributed by atoms with van der Waals surface area (Å²) in [6, 6.07) is 0. The van der Waals surface area contributed by atoms with Crippen LogP contribution in [0.25, 0.3) is 0 Å². The SMILES string of the molecule is CCCCC(=O)OCCC[C@@H]1C2=C3CC(O)=C4C3=NC(=C4C)C=C3N=C(C=C4N=C(C=C(N2)[C@H]1C)C(C)=C4CC)C(C)=C3COC(=O)CCCC. The zero-order valence-electron chi connectivity index (χ0n) is 31.3. The number of carbonyl (C=O) groups excluding carboxylic acids is 2. The average molecular weight is 693 g/mol. The molecule has 0 aromatic carbocycles. The van der Waals surface area contributed by atoms with Crippen molar-refractivity contribution in [3.8, 4) is 0 Å². The third kappa shape index (κ3) is 7.17. The molecule has 6 aliphatic rings. The van der Waals surface area contributed by atoms with E-state index in [4.69, 9.17) is 24.5 Å². The van der Waals surface area contributed by atoms with Gasteiger partial charge in [0, 0.05) is 59.2 Å². The number of hydrogen-bond acceptors (Lipinski definition) is 9. The van der Waals surface area contributed by atoms with Gasteiger partial charge < -0.3 is 19.9 Å². The number of nitrogens with zero attached hydrogens (tertiary/aromatic N) is 3. The molecule has 0 radical (unpaired) electrons. The van der Waals surface area contributed by atoms with Gasteiger partial charge in [0.15, 0.2) is 0 Å². The molecule has 2 atom stereocenters. The summed E-state index contributed by atoms with van der Waals surface area (Å²) >= 11 is 0. The molecule has 0 aromatic heterocycles. The number of unbranched alkanes of at least 4 members (excludes halogenated alkanes) is 2. The fraction of sp³-hybridized carbons (Fsp3) is 0.500. The van der Waals surface area contributed by atoms with E-state index in [1.807, 2.05) is 19.9 Å². The van der Waals surface area contributed by atoms with Crippen molar-refractivity contribution >= 4 is 29.1 Å². The van der Waals surface area contributed by atoms with Gasteiger partial charge >= 0.3 is 11.9 Å². The van der Waals surface area contributed by atoms with E-state index in [-0.39, 0.29) is 30.4 Å². The number of nitrogens with one attached hydrogen (secondary N) is 1. The lowest BCUT2D eigenvalue weighted by molar-refractivity contribution is -0.144. The van der Waals surface area contributed by atoms with Gasteiger partial charge in [-0.3, -0.25) is 9.59 Å². The minimum absolute atomic E-state index is 0.113. The van der Waals surface area contributed by atoms with Crippen molar-refractivity contribution < 1.29 is 24.2 Å². The van der Waals surface area contributed by atoms with Crippen molar-refractivity contribution in [3.05, 3.63) is 91.5 Å². The zero-order valence-corrected chi connectivity index (χ0v) is 31.3. The Hall–Kier alpha value is -4.53. The minimum atomic E-state index is -0.218. The van der Waals surface area contributed by atoms with Gasteiger partial charge in [0.25, 0.3) is 0 Å². The second kappa shape index (κ2) is 15.4. The van der Waals surface area contributed by atoms with Crippen molar-refractivity contribution in [1.29, 1.82) is 0 Å². The number of hydrogen-bond donors (Lipinski definition) is 2. The molecule has 0 amide bonds. The van der Waals surface area contributed by atoms with Crippen molar-refractivity contribution in [2.24, 2.45) is 26.8 Å². The Labute approximate surface area is 302 Å². The van der Waals surface area contributed by atoms with Crippen LogP contribution in [0.1, 0.15) is 113 Å². The quantitative estimate of drug-likeness (QED) is 0.147. The molecule has 8 bridgehead atoms. The summed E-state index contributed by atoms with van der Waals surface area (Å²) < 4.78 is 11.4. The summed E-state index contributed by atoms with van der Waals surface area (Å²) in [5, 5.41) is 15.2. The molecular weight excluding hydrogens is 640 g/mol. The van der Waals surface area contributed by atoms with Crippen LogP contribution in [0.3, 0.4) is 0 Å². The Morgan fingerprint density at radius 3 is 2.18 bits per heavy atom. The van der Waals surface area contributed by atoms with Crippen LogP contribution in [0, 0.1) is 11.8 Å². The Morgan fingerprint density at radius 1 is 0.843 bits per heavy atom. The second-order valence-electron chi connectivity index (χ2n) is 14.3. The van der Waals surface area contributed by atoms with Crippen molar-refractivity contribution in [2.75, 3.05) is 13.2 Å². The Balaban J connectivity index is 1.43. The lowest BCUT2D eigenvalue weighted by Gasteiger charge is -2.18. The summed E-state index contributed by atoms with van der Waals surface area (Å²) in [6.07, 6.45) is 13.3. The number of aliphatic hydroxyl groups excluding tert-OH is 1. The first-order valence-electron chi connectivity index (χ1n) is 18.8. The molecule has 1 fully saturated rings. The number of carbonyl (C=O) groups is 2. The third-order valence-corrected chi connectivity index (χ3v) is 11.0. The van der Waals surface area contributed by atoms with Crippen LogP contribution >= 0.6 is 0 Å². The highest BCUT2D eigenvalue weighted by Gasteiger charge is 2.41. The van der Waals surface area contributed by atoms with Crippen molar-refractivity contribution in [3.63, 3.8) is 0 Å². The van der Waals surface area contributed by atoms with Gasteiger partial charge in [0.2, 0.25) is 0 Å². The van der Waals surface area contributed by atoms with Crippen LogP contribution in [-0.2, 0) is 19.1 Å². The van der Waals surface area contributed by atoms with E-state index in [1.54, 1.807) is 0 Å².